The van der Waals surface area contributed by atoms with Crippen molar-refractivity contribution in [2.24, 2.45) is 5.92 Å². The second kappa shape index (κ2) is 4.92. The fraction of sp³-hybridized carbons (Fsp3) is 0.833. The van der Waals surface area contributed by atoms with E-state index >= 15 is 0 Å². The zero-order chi connectivity index (χ0) is 13.2. The largest absolute Gasteiger partial charge is 0.444 e. The number of aliphatic hydroxyl groups is 1. The van der Waals surface area contributed by atoms with E-state index in [1.807, 2.05) is 0 Å². The molecule has 5 nitrogen and oxygen atoms in total. The second-order valence-corrected chi connectivity index (χ2v) is 5.43. The van der Waals surface area contributed by atoms with Crippen molar-refractivity contribution in [2.45, 2.75) is 51.9 Å². The van der Waals surface area contributed by atoms with Crippen LogP contribution in [-0.4, -0.2) is 40.4 Å². The third kappa shape index (κ3) is 3.34. The number of piperidine rings is 1. The highest BCUT2D eigenvalue weighted by atomic mass is 16.6. The summed E-state index contributed by atoms with van der Waals surface area (Å²) in [5.74, 6) is -0.545. The first-order chi connectivity index (χ1) is 7.76. The molecule has 1 amide bonds. The Bertz CT molecular complexity index is 330. The monoisotopic (exact) mass is 240 g/mol. The zero-order valence-electron chi connectivity index (χ0n) is 10.8. The molecule has 0 aromatic rings. The van der Waals surface area contributed by atoms with Crippen LogP contribution in [0.15, 0.2) is 0 Å². The van der Waals surface area contributed by atoms with Crippen LogP contribution in [0.1, 0.15) is 34.1 Å². The molecule has 17 heavy (non-hydrogen) atoms. The number of nitrogens with zero attached hydrogens (tertiary/aromatic N) is 2. The first-order valence-corrected chi connectivity index (χ1v) is 5.83. The molecule has 1 fully saturated rings. The number of ether oxygens (including phenoxy) is 1. The lowest BCUT2D eigenvalue weighted by Crippen LogP contribution is -2.52. The van der Waals surface area contributed by atoms with Crippen LogP contribution in [0.3, 0.4) is 0 Å². The molecule has 0 aliphatic carbocycles. The maximum atomic E-state index is 11.9. The third-order valence-corrected chi connectivity index (χ3v) is 2.87. The number of hydrogen-bond donors (Lipinski definition) is 1. The highest BCUT2D eigenvalue weighted by Crippen LogP contribution is 2.25. The van der Waals surface area contributed by atoms with E-state index in [0.29, 0.717) is 13.0 Å². The lowest BCUT2D eigenvalue weighted by molar-refractivity contribution is -0.0185. The van der Waals surface area contributed by atoms with Crippen LogP contribution < -0.4 is 0 Å². The van der Waals surface area contributed by atoms with Crippen molar-refractivity contribution in [3.63, 3.8) is 0 Å². The van der Waals surface area contributed by atoms with Crippen LogP contribution in [0.25, 0.3) is 0 Å². The van der Waals surface area contributed by atoms with Crippen LogP contribution in [0.5, 0.6) is 0 Å². The summed E-state index contributed by atoms with van der Waals surface area (Å²) in [6.45, 7) is 7.60. The molecular formula is C12H20N2O3. The maximum Gasteiger partial charge on any atom is 0.410 e. The zero-order valence-corrected chi connectivity index (χ0v) is 10.8. The molecule has 0 saturated carbocycles. The van der Waals surface area contributed by atoms with E-state index in [1.165, 1.54) is 4.90 Å². The standard InChI is InChI=1S/C12H20N2O3/c1-8-9(7-13)10(15)5-6-14(8)11(16)17-12(2,3)4/h8-10,15H,5-6H2,1-4H3/t8-,9?,10?/m0/s1. The van der Waals surface area contributed by atoms with E-state index in [4.69, 9.17) is 10.00 Å². The molecule has 0 aromatic carbocycles. The Hall–Kier alpha value is -1.28. The molecule has 1 N–H and O–H groups in total. The summed E-state index contributed by atoms with van der Waals surface area (Å²) in [5, 5.41) is 18.6. The fourth-order valence-corrected chi connectivity index (χ4v) is 1.94. The van der Waals surface area contributed by atoms with Gasteiger partial charge in [-0.1, -0.05) is 0 Å². The van der Waals surface area contributed by atoms with Crippen molar-refractivity contribution in [1.29, 1.82) is 5.26 Å². The van der Waals surface area contributed by atoms with Gasteiger partial charge in [0.2, 0.25) is 0 Å². The van der Waals surface area contributed by atoms with Gasteiger partial charge in [-0.2, -0.15) is 5.26 Å². The summed E-state index contributed by atoms with van der Waals surface area (Å²) < 4.78 is 5.27. The number of amides is 1. The minimum absolute atomic E-state index is 0.321. The molecule has 0 spiro atoms. The number of aliphatic hydroxyl groups excluding tert-OH is 1. The quantitative estimate of drug-likeness (QED) is 0.696. The summed E-state index contributed by atoms with van der Waals surface area (Å²) in [7, 11) is 0. The maximum absolute atomic E-state index is 11.9. The van der Waals surface area contributed by atoms with Crippen LogP contribution in [0, 0.1) is 17.2 Å². The molecule has 1 saturated heterocycles. The summed E-state index contributed by atoms with van der Waals surface area (Å²) in [5.41, 5.74) is -0.547. The van der Waals surface area contributed by atoms with E-state index in [-0.39, 0.29) is 6.04 Å². The molecule has 0 radical (unpaired) electrons. The minimum atomic E-state index is -0.659. The van der Waals surface area contributed by atoms with Gasteiger partial charge in [0.1, 0.15) is 5.60 Å². The summed E-state index contributed by atoms with van der Waals surface area (Å²) >= 11 is 0. The molecule has 2 unspecified atom stereocenters. The summed E-state index contributed by atoms with van der Waals surface area (Å²) in [4.78, 5) is 13.4. The van der Waals surface area contributed by atoms with Gasteiger partial charge >= 0.3 is 6.09 Å². The molecule has 1 aliphatic rings. The highest BCUT2D eigenvalue weighted by Gasteiger charge is 2.38. The van der Waals surface area contributed by atoms with Gasteiger partial charge in [0.15, 0.2) is 0 Å². The second-order valence-electron chi connectivity index (χ2n) is 5.43. The van der Waals surface area contributed by atoms with Gasteiger partial charge in [0.25, 0.3) is 0 Å². The van der Waals surface area contributed by atoms with Crippen molar-refractivity contribution >= 4 is 6.09 Å². The van der Waals surface area contributed by atoms with E-state index in [9.17, 15) is 9.90 Å². The molecule has 1 aliphatic heterocycles. The Morgan fingerprint density at radius 3 is 2.59 bits per heavy atom. The fourth-order valence-electron chi connectivity index (χ4n) is 1.94. The molecule has 3 atom stereocenters. The minimum Gasteiger partial charge on any atom is -0.444 e. The molecule has 1 heterocycles. The Morgan fingerprint density at radius 2 is 2.12 bits per heavy atom. The molecule has 0 aromatic heterocycles. The van der Waals surface area contributed by atoms with E-state index in [1.54, 1.807) is 27.7 Å². The molecule has 5 heteroatoms. The number of likely N-dealkylation sites (tertiary alicyclic amines) is 1. The Balaban J connectivity index is 2.73. The number of rotatable bonds is 0. The van der Waals surface area contributed by atoms with Crippen LogP contribution in [-0.2, 0) is 4.74 Å². The molecular weight excluding hydrogens is 220 g/mol. The summed E-state index contributed by atoms with van der Waals surface area (Å²) in [6.07, 6.45) is -0.659. The van der Waals surface area contributed by atoms with Crippen LogP contribution in [0.4, 0.5) is 4.79 Å². The van der Waals surface area contributed by atoms with E-state index in [2.05, 4.69) is 6.07 Å². The van der Waals surface area contributed by atoms with Gasteiger partial charge in [0.05, 0.1) is 24.1 Å². The predicted molar refractivity (Wildman–Crippen MR) is 62.1 cm³/mol. The van der Waals surface area contributed by atoms with Gasteiger partial charge in [-0.05, 0) is 34.1 Å². The van der Waals surface area contributed by atoms with Crippen molar-refractivity contribution in [3.8, 4) is 6.07 Å². The van der Waals surface area contributed by atoms with E-state index < -0.39 is 23.7 Å². The molecule has 0 bridgehead atoms. The first kappa shape index (κ1) is 13.8. The van der Waals surface area contributed by atoms with Gasteiger partial charge in [-0.15, -0.1) is 0 Å². The van der Waals surface area contributed by atoms with Gasteiger partial charge in [0, 0.05) is 6.54 Å². The van der Waals surface area contributed by atoms with Crippen LogP contribution >= 0.6 is 0 Å². The SMILES string of the molecule is C[C@H]1C(C#N)C(O)CCN1C(=O)OC(C)(C)C. The topological polar surface area (TPSA) is 73.6 Å². The van der Waals surface area contributed by atoms with Gasteiger partial charge in [-0.3, -0.25) is 0 Å². The number of carbonyl (C=O) groups excluding carboxylic acids is 1. The predicted octanol–water partition coefficient (Wildman–Crippen LogP) is 1.52. The van der Waals surface area contributed by atoms with Crippen molar-refractivity contribution in [3.05, 3.63) is 0 Å². The van der Waals surface area contributed by atoms with Gasteiger partial charge in [-0.25, -0.2) is 4.79 Å². The average Bonchev–Trinajstić information content (AvgIpc) is 2.15. The van der Waals surface area contributed by atoms with Crippen molar-refractivity contribution in [2.75, 3.05) is 6.54 Å². The average molecular weight is 240 g/mol. The van der Waals surface area contributed by atoms with Crippen molar-refractivity contribution < 1.29 is 14.6 Å². The molecule has 96 valence electrons. The number of carbonyl (C=O) groups is 1. The third-order valence-electron chi connectivity index (χ3n) is 2.87. The normalized spacial score (nSPS) is 29.6. The smallest absolute Gasteiger partial charge is 0.410 e. The number of nitriles is 1. The number of hydrogen-bond acceptors (Lipinski definition) is 4. The molecule has 1 rings (SSSR count). The Kier molecular flexibility index (Phi) is 3.99. The summed E-state index contributed by atoms with van der Waals surface area (Å²) in [6, 6.07) is 1.73. The lowest BCUT2D eigenvalue weighted by atomic mass is 9.89. The van der Waals surface area contributed by atoms with Crippen molar-refractivity contribution in [1.82, 2.24) is 4.90 Å². The first-order valence-electron chi connectivity index (χ1n) is 5.83. The lowest BCUT2D eigenvalue weighted by Gasteiger charge is -2.39. The van der Waals surface area contributed by atoms with E-state index in [0.717, 1.165) is 0 Å². The van der Waals surface area contributed by atoms with Crippen LogP contribution in [0.2, 0.25) is 0 Å². The highest BCUT2D eigenvalue weighted by molar-refractivity contribution is 5.68. The Labute approximate surface area is 102 Å². The van der Waals surface area contributed by atoms with Gasteiger partial charge < -0.3 is 14.7 Å². The Morgan fingerprint density at radius 1 is 1.53 bits per heavy atom.